The third kappa shape index (κ3) is 3.60. The van der Waals surface area contributed by atoms with Gasteiger partial charge in [-0.05, 0) is 43.3 Å². The fourth-order valence-electron chi connectivity index (χ4n) is 3.09. The summed E-state index contributed by atoms with van der Waals surface area (Å²) in [6.45, 7) is 1.71. The van der Waals surface area contributed by atoms with E-state index in [4.69, 9.17) is 11.6 Å². The van der Waals surface area contributed by atoms with Gasteiger partial charge in [-0.15, -0.1) is 0 Å². The lowest BCUT2D eigenvalue weighted by atomic mass is 10.2. The normalized spacial score (nSPS) is 10.8. The Bertz CT molecular complexity index is 1310. The third-order valence-corrected chi connectivity index (χ3v) is 4.95. The monoisotopic (exact) mass is 420 g/mol. The van der Waals surface area contributed by atoms with Crippen molar-refractivity contribution in [1.29, 1.82) is 0 Å². The summed E-state index contributed by atoms with van der Waals surface area (Å²) in [6.07, 6.45) is 3.79. The third-order valence-electron chi connectivity index (χ3n) is 4.71. The van der Waals surface area contributed by atoms with Crippen molar-refractivity contribution in [2.75, 3.05) is 5.32 Å². The number of aromatic nitrogens is 5. The van der Waals surface area contributed by atoms with Gasteiger partial charge in [-0.25, -0.2) is 15.0 Å². The van der Waals surface area contributed by atoms with Gasteiger partial charge >= 0.3 is 0 Å². The van der Waals surface area contributed by atoms with Crippen molar-refractivity contribution in [3.8, 4) is 17.1 Å². The number of hydrogen-bond donors (Lipinski definition) is 1. The van der Waals surface area contributed by atoms with E-state index in [0.29, 0.717) is 34.5 Å². The molecule has 0 saturated carbocycles. The van der Waals surface area contributed by atoms with Gasteiger partial charge in [0.2, 0.25) is 5.95 Å². The summed E-state index contributed by atoms with van der Waals surface area (Å²) in [5, 5.41) is 3.72. The molecule has 0 spiro atoms. The molecular formula is C21H17ClN6O2. The summed E-state index contributed by atoms with van der Waals surface area (Å²) in [5.74, 6) is 0.794. The Morgan fingerprint density at radius 2 is 1.90 bits per heavy atom. The molecule has 3 heterocycles. The second-order valence-electron chi connectivity index (χ2n) is 6.56. The van der Waals surface area contributed by atoms with Crippen LogP contribution in [-0.4, -0.2) is 30.6 Å². The lowest BCUT2D eigenvalue weighted by Crippen LogP contribution is -2.22. The van der Waals surface area contributed by atoms with Gasteiger partial charge in [0.05, 0.1) is 5.69 Å². The zero-order chi connectivity index (χ0) is 21.3. The van der Waals surface area contributed by atoms with Crippen molar-refractivity contribution in [2.24, 2.45) is 7.05 Å². The lowest BCUT2D eigenvalue weighted by molar-refractivity contribution is 0.112. The molecule has 0 aliphatic rings. The summed E-state index contributed by atoms with van der Waals surface area (Å²) >= 11 is 6.02. The Balaban J connectivity index is 1.72. The molecule has 0 radical (unpaired) electrons. The van der Waals surface area contributed by atoms with Crippen LogP contribution in [0.3, 0.4) is 0 Å². The van der Waals surface area contributed by atoms with E-state index in [1.165, 1.54) is 4.68 Å². The van der Waals surface area contributed by atoms with E-state index in [1.807, 2.05) is 12.1 Å². The Morgan fingerprint density at radius 3 is 2.63 bits per heavy atom. The maximum atomic E-state index is 12.6. The summed E-state index contributed by atoms with van der Waals surface area (Å²) < 4.78 is 2.96. The van der Waals surface area contributed by atoms with Crippen molar-refractivity contribution in [3.05, 3.63) is 81.5 Å². The molecule has 30 heavy (non-hydrogen) atoms. The maximum absolute atomic E-state index is 12.6. The molecule has 150 valence electrons. The van der Waals surface area contributed by atoms with Crippen LogP contribution in [0, 0.1) is 6.92 Å². The van der Waals surface area contributed by atoms with Crippen molar-refractivity contribution in [2.45, 2.75) is 6.92 Å². The largest absolute Gasteiger partial charge is 0.324 e. The second kappa shape index (κ2) is 7.92. The topological polar surface area (TPSA) is 94.7 Å². The van der Waals surface area contributed by atoms with Gasteiger partial charge in [0.1, 0.15) is 5.56 Å². The van der Waals surface area contributed by atoms with Gasteiger partial charge in [-0.3, -0.25) is 14.3 Å². The fourth-order valence-corrected chi connectivity index (χ4v) is 3.28. The van der Waals surface area contributed by atoms with E-state index in [-0.39, 0.29) is 5.56 Å². The van der Waals surface area contributed by atoms with E-state index in [1.54, 1.807) is 61.4 Å². The molecule has 0 atom stereocenters. The number of aldehydes is 1. The smallest absolute Gasteiger partial charge is 0.283 e. The average Bonchev–Trinajstić information content (AvgIpc) is 2.96. The molecule has 0 saturated heterocycles. The van der Waals surface area contributed by atoms with Gasteiger partial charge in [-0.2, -0.15) is 4.68 Å². The molecule has 4 aromatic rings. The average molecular weight is 421 g/mol. The number of hydrogen-bond acceptors (Lipinski definition) is 6. The number of pyridine rings is 1. The zero-order valence-electron chi connectivity index (χ0n) is 16.2. The molecule has 9 heteroatoms. The molecule has 3 aromatic heterocycles. The molecular weight excluding hydrogens is 404 g/mol. The first kappa shape index (κ1) is 19.5. The summed E-state index contributed by atoms with van der Waals surface area (Å²) in [5.41, 5.74) is 2.42. The Kier molecular flexibility index (Phi) is 5.16. The molecule has 1 N–H and O–H groups in total. The molecule has 0 bridgehead atoms. The molecule has 0 aliphatic heterocycles. The highest BCUT2D eigenvalue weighted by atomic mass is 35.5. The molecule has 8 nitrogen and oxygen atoms in total. The van der Waals surface area contributed by atoms with Crippen LogP contribution in [0.5, 0.6) is 0 Å². The van der Waals surface area contributed by atoms with Crippen LogP contribution in [0.2, 0.25) is 5.02 Å². The molecule has 0 aliphatic carbocycles. The predicted octanol–water partition coefficient (Wildman–Crippen LogP) is 3.55. The van der Waals surface area contributed by atoms with Crippen LogP contribution in [0.1, 0.15) is 16.1 Å². The summed E-state index contributed by atoms with van der Waals surface area (Å²) in [7, 11) is 1.70. The number of nitrogens with one attached hydrogen (secondary N) is 1. The Labute approximate surface area is 176 Å². The lowest BCUT2D eigenvalue weighted by Gasteiger charge is -2.10. The zero-order valence-corrected chi connectivity index (χ0v) is 17.0. The highest BCUT2D eigenvalue weighted by molar-refractivity contribution is 6.30. The molecule has 0 fully saturated rings. The van der Waals surface area contributed by atoms with Crippen LogP contribution >= 0.6 is 11.6 Å². The minimum Gasteiger partial charge on any atom is -0.324 e. The van der Waals surface area contributed by atoms with E-state index >= 15 is 0 Å². The first-order valence-corrected chi connectivity index (χ1v) is 9.42. The minimum atomic E-state index is -0.416. The van der Waals surface area contributed by atoms with Gasteiger partial charge < -0.3 is 5.32 Å². The van der Waals surface area contributed by atoms with E-state index in [9.17, 15) is 9.59 Å². The second-order valence-corrected chi connectivity index (χ2v) is 7.00. The molecule has 4 rings (SSSR count). The summed E-state index contributed by atoms with van der Waals surface area (Å²) in [4.78, 5) is 36.9. The van der Waals surface area contributed by atoms with E-state index in [0.717, 1.165) is 11.3 Å². The van der Waals surface area contributed by atoms with Gasteiger partial charge in [0, 0.05) is 41.4 Å². The van der Waals surface area contributed by atoms with Gasteiger partial charge in [0.15, 0.2) is 12.1 Å². The van der Waals surface area contributed by atoms with Crippen molar-refractivity contribution in [3.63, 3.8) is 0 Å². The first-order chi connectivity index (χ1) is 14.5. The standard InChI is InChI=1S/C21H17ClN6O2/c1-13-17(12-29)20(30)28(27(13)2)19-10-14(6-8-23-19)18-7-9-24-21(26-18)25-16-5-3-4-15(22)11-16/h3-12H,1-2H3,(H,24,25,26). The van der Waals surface area contributed by atoms with E-state index < -0.39 is 5.56 Å². The highest BCUT2D eigenvalue weighted by Crippen LogP contribution is 2.22. The van der Waals surface area contributed by atoms with Gasteiger partial charge in [0.25, 0.3) is 5.56 Å². The Morgan fingerprint density at radius 1 is 1.10 bits per heavy atom. The fraction of sp³-hybridized carbons (Fsp3) is 0.0952. The Hall–Kier alpha value is -3.78. The maximum Gasteiger partial charge on any atom is 0.283 e. The number of nitrogens with zero attached hydrogens (tertiary/aromatic N) is 5. The van der Waals surface area contributed by atoms with Gasteiger partial charge in [-0.1, -0.05) is 17.7 Å². The van der Waals surface area contributed by atoms with Crippen LogP contribution in [0.15, 0.2) is 59.7 Å². The van der Waals surface area contributed by atoms with Crippen LogP contribution in [0.25, 0.3) is 17.1 Å². The molecule has 1 aromatic carbocycles. The molecule has 0 amide bonds. The van der Waals surface area contributed by atoms with Crippen molar-refractivity contribution in [1.82, 2.24) is 24.3 Å². The van der Waals surface area contributed by atoms with Crippen molar-refractivity contribution >= 4 is 29.5 Å². The number of rotatable bonds is 5. The number of halogens is 1. The van der Waals surface area contributed by atoms with Crippen molar-refractivity contribution < 1.29 is 4.79 Å². The minimum absolute atomic E-state index is 0.111. The number of carbonyl (C=O) groups excluding carboxylic acids is 1. The SMILES string of the molecule is Cc1c(C=O)c(=O)n(-c2cc(-c3ccnc(Nc4cccc(Cl)c4)n3)ccn2)n1C. The number of benzene rings is 1. The number of anilines is 2. The highest BCUT2D eigenvalue weighted by Gasteiger charge is 2.16. The van der Waals surface area contributed by atoms with Crippen LogP contribution in [0.4, 0.5) is 11.6 Å². The number of carbonyl (C=O) groups is 1. The van der Waals surface area contributed by atoms with E-state index in [2.05, 4.69) is 20.3 Å². The van der Waals surface area contributed by atoms with Crippen LogP contribution < -0.4 is 10.9 Å². The first-order valence-electron chi connectivity index (χ1n) is 9.04. The predicted molar refractivity (Wildman–Crippen MR) is 115 cm³/mol. The van der Waals surface area contributed by atoms with Crippen LogP contribution in [-0.2, 0) is 7.05 Å². The molecule has 0 unspecified atom stereocenters. The quantitative estimate of drug-likeness (QED) is 0.496. The summed E-state index contributed by atoms with van der Waals surface area (Å²) in [6, 6.07) is 12.5.